The number of alkyl halides is 2. The van der Waals surface area contributed by atoms with E-state index in [2.05, 4.69) is 0 Å². The fourth-order valence-electron chi connectivity index (χ4n) is 2.07. The molecule has 1 unspecified atom stereocenters. The number of aliphatic hydroxyl groups excluding tert-OH is 1. The molecule has 0 aromatic heterocycles. The molecule has 0 heterocycles. The van der Waals surface area contributed by atoms with Crippen molar-refractivity contribution < 1.29 is 18.6 Å². The van der Waals surface area contributed by atoms with E-state index >= 15 is 0 Å². The fourth-order valence-corrected chi connectivity index (χ4v) is 2.07. The highest BCUT2D eigenvalue weighted by Crippen LogP contribution is 2.31. The van der Waals surface area contributed by atoms with E-state index in [9.17, 15) is 13.9 Å². The third-order valence-electron chi connectivity index (χ3n) is 3.18. The van der Waals surface area contributed by atoms with Crippen molar-refractivity contribution in [3.05, 3.63) is 64.7 Å². The first-order valence-corrected chi connectivity index (χ1v) is 6.23. The number of benzene rings is 2. The Morgan fingerprint density at radius 2 is 1.60 bits per heavy atom. The van der Waals surface area contributed by atoms with Crippen LogP contribution in [0.15, 0.2) is 42.5 Å². The summed E-state index contributed by atoms with van der Waals surface area (Å²) in [5.41, 5.74) is 2.11. The van der Waals surface area contributed by atoms with Gasteiger partial charge < -0.3 is 9.84 Å². The highest BCUT2D eigenvalue weighted by molar-refractivity contribution is 5.43. The molecule has 0 bridgehead atoms. The summed E-state index contributed by atoms with van der Waals surface area (Å²) in [4.78, 5) is 0. The van der Waals surface area contributed by atoms with E-state index in [4.69, 9.17) is 4.74 Å². The number of aryl methyl sites for hydroxylation is 1. The van der Waals surface area contributed by atoms with Crippen LogP contribution in [0, 0.1) is 6.92 Å². The van der Waals surface area contributed by atoms with E-state index in [1.807, 2.05) is 19.1 Å². The molecule has 106 valence electrons. The van der Waals surface area contributed by atoms with Gasteiger partial charge in [0.1, 0.15) is 11.9 Å². The predicted molar refractivity (Wildman–Crippen MR) is 73.2 cm³/mol. The molecular formula is C16H16F2O2. The van der Waals surface area contributed by atoms with Gasteiger partial charge in [-0.05, 0) is 24.6 Å². The summed E-state index contributed by atoms with van der Waals surface area (Å²) < 4.78 is 30.2. The van der Waals surface area contributed by atoms with Crippen LogP contribution in [-0.2, 0) is 0 Å². The minimum atomic E-state index is -2.50. The summed E-state index contributed by atoms with van der Waals surface area (Å²) in [6.45, 7) is 1.91. The van der Waals surface area contributed by atoms with Gasteiger partial charge in [-0.3, -0.25) is 0 Å². The molecule has 2 rings (SSSR count). The largest absolute Gasteiger partial charge is 0.496 e. The van der Waals surface area contributed by atoms with Gasteiger partial charge in [-0.2, -0.15) is 0 Å². The Bertz CT molecular complexity index is 580. The number of methoxy groups -OCH3 is 1. The molecule has 2 aromatic carbocycles. The van der Waals surface area contributed by atoms with Gasteiger partial charge in [0.2, 0.25) is 0 Å². The summed E-state index contributed by atoms with van der Waals surface area (Å²) in [6, 6.07) is 11.2. The van der Waals surface area contributed by atoms with Crippen LogP contribution >= 0.6 is 0 Å². The quantitative estimate of drug-likeness (QED) is 0.915. The maximum Gasteiger partial charge on any atom is 0.263 e. The Morgan fingerprint density at radius 1 is 1.00 bits per heavy atom. The van der Waals surface area contributed by atoms with E-state index in [1.54, 1.807) is 6.07 Å². The Kier molecular flexibility index (Phi) is 4.35. The van der Waals surface area contributed by atoms with Gasteiger partial charge in [-0.1, -0.05) is 35.9 Å². The molecule has 1 N–H and O–H groups in total. The van der Waals surface area contributed by atoms with E-state index in [0.717, 1.165) is 5.56 Å². The van der Waals surface area contributed by atoms with Crippen LogP contribution in [0.25, 0.3) is 0 Å². The number of hydrogen-bond donors (Lipinski definition) is 1. The van der Waals surface area contributed by atoms with Crippen molar-refractivity contribution >= 4 is 0 Å². The van der Waals surface area contributed by atoms with Crippen LogP contribution < -0.4 is 4.74 Å². The zero-order valence-electron chi connectivity index (χ0n) is 11.3. The molecule has 2 aromatic rings. The van der Waals surface area contributed by atoms with Crippen molar-refractivity contribution in [1.82, 2.24) is 0 Å². The molecule has 0 saturated carbocycles. The minimum Gasteiger partial charge on any atom is -0.496 e. The number of ether oxygens (including phenoxy) is 1. The molecule has 0 aliphatic carbocycles. The number of halogens is 2. The first kappa shape index (κ1) is 14.5. The maximum atomic E-state index is 12.5. The first-order valence-electron chi connectivity index (χ1n) is 6.23. The van der Waals surface area contributed by atoms with Gasteiger partial charge in [0.05, 0.1) is 7.11 Å². The minimum absolute atomic E-state index is 0.0582. The van der Waals surface area contributed by atoms with E-state index in [0.29, 0.717) is 16.9 Å². The molecule has 0 fully saturated rings. The Labute approximate surface area is 116 Å². The Balaban J connectivity index is 2.35. The first-order chi connectivity index (χ1) is 9.52. The van der Waals surface area contributed by atoms with Gasteiger partial charge in [0.25, 0.3) is 6.43 Å². The number of rotatable bonds is 4. The highest BCUT2D eigenvalue weighted by Gasteiger charge is 2.16. The van der Waals surface area contributed by atoms with Crippen LogP contribution in [0.1, 0.15) is 34.8 Å². The van der Waals surface area contributed by atoms with Crippen molar-refractivity contribution in [1.29, 1.82) is 0 Å². The Morgan fingerprint density at radius 3 is 2.15 bits per heavy atom. The molecule has 0 radical (unpaired) electrons. The van der Waals surface area contributed by atoms with Crippen molar-refractivity contribution in [2.75, 3.05) is 7.11 Å². The average Bonchev–Trinajstić information content (AvgIpc) is 2.46. The summed E-state index contributed by atoms with van der Waals surface area (Å²) in [7, 11) is 1.53. The standard InChI is InChI=1S/C16H16F2O2/c1-10-3-8-14(20-2)13(9-10)15(19)11-4-6-12(7-5-11)16(17)18/h3-9,15-16,19H,1-2H3. The second-order valence-electron chi connectivity index (χ2n) is 4.62. The summed E-state index contributed by atoms with van der Waals surface area (Å²) >= 11 is 0. The topological polar surface area (TPSA) is 29.5 Å². The normalized spacial score (nSPS) is 12.5. The van der Waals surface area contributed by atoms with Gasteiger partial charge >= 0.3 is 0 Å². The smallest absolute Gasteiger partial charge is 0.263 e. The molecule has 2 nitrogen and oxygen atoms in total. The lowest BCUT2D eigenvalue weighted by atomic mass is 9.98. The van der Waals surface area contributed by atoms with Crippen LogP contribution in [0.3, 0.4) is 0 Å². The van der Waals surface area contributed by atoms with E-state index in [-0.39, 0.29) is 5.56 Å². The van der Waals surface area contributed by atoms with E-state index in [1.165, 1.54) is 31.4 Å². The fraction of sp³-hybridized carbons (Fsp3) is 0.250. The molecule has 0 saturated heterocycles. The molecule has 4 heteroatoms. The second kappa shape index (κ2) is 6.01. The third kappa shape index (κ3) is 2.96. The van der Waals surface area contributed by atoms with Crippen LogP contribution in [0.4, 0.5) is 8.78 Å². The van der Waals surface area contributed by atoms with Crippen molar-refractivity contribution in [3.8, 4) is 5.75 Å². The highest BCUT2D eigenvalue weighted by atomic mass is 19.3. The van der Waals surface area contributed by atoms with Gasteiger partial charge in [0.15, 0.2) is 0 Å². The molecular weight excluding hydrogens is 262 g/mol. The SMILES string of the molecule is COc1ccc(C)cc1C(O)c1ccc(C(F)F)cc1. The number of aliphatic hydroxyl groups is 1. The Hall–Kier alpha value is -1.94. The molecule has 0 spiro atoms. The third-order valence-corrected chi connectivity index (χ3v) is 3.18. The second-order valence-corrected chi connectivity index (χ2v) is 4.62. The molecule has 0 aliphatic rings. The zero-order chi connectivity index (χ0) is 14.7. The average molecular weight is 278 g/mol. The van der Waals surface area contributed by atoms with E-state index < -0.39 is 12.5 Å². The summed E-state index contributed by atoms with van der Waals surface area (Å²) in [6.07, 6.45) is -3.41. The zero-order valence-corrected chi connectivity index (χ0v) is 11.3. The predicted octanol–water partition coefficient (Wildman–Crippen LogP) is 4.02. The van der Waals surface area contributed by atoms with Crippen molar-refractivity contribution in [2.24, 2.45) is 0 Å². The lowest BCUT2D eigenvalue weighted by molar-refractivity contribution is 0.151. The van der Waals surface area contributed by atoms with Crippen LogP contribution in [-0.4, -0.2) is 12.2 Å². The summed E-state index contributed by atoms with van der Waals surface area (Å²) in [5, 5.41) is 10.4. The molecule has 20 heavy (non-hydrogen) atoms. The van der Waals surface area contributed by atoms with Crippen molar-refractivity contribution in [2.45, 2.75) is 19.5 Å². The lowest BCUT2D eigenvalue weighted by Gasteiger charge is -2.16. The van der Waals surface area contributed by atoms with Gasteiger partial charge in [0, 0.05) is 11.1 Å². The number of hydrogen-bond acceptors (Lipinski definition) is 2. The lowest BCUT2D eigenvalue weighted by Crippen LogP contribution is -2.03. The summed E-state index contributed by atoms with van der Waals surface area (Å²) in [5.74, 6) is 0.570. The molecule has 0 aliphatic heterocycles. The van der Waals surface area contributed by atoms with Crippen molar-refractivity contribution in [3.63, 3.8) is 0 Å². The molecule has 1 atom stereocenters. The van der Waals surface area contributed by atoms with Gasteiger partial charge in [-0.15, -0.1) is 0 Å². The monoisotopic (exact) mass is 278 g/mol. The molecule has 0 amide bonds. The van der Waals surface area contributed by atoms with Gasteiger partial charge in [-0.25, -0.2) is 8.78 Å². The van der Waals surface area contributed by atoms with Crippen LogP contribution in [0.5, 0.6) is 5.75 Å². The van der Waals surface area contributed by atoms with Crippen LogP contribution in [0.2, 0.25) is 0 Å². The maximum absolute atomic E-state index is 12.5.